The van der Waals surface area contributed by atoms with Crippen LogP contribution >= 0.6 is 27.7 Å². The van der Waals surface area contributed by atoms with Gasteiger partial charge in [-0.25, -0.2) is 0 Å². The van der Waals surface area contributed by atoms with Crippen molar-refractivity contribution in [3.63, 3.8) is 0 Å². The first-order valence-electron chi connectivity index (χ1n) is 6.45. The minimum atomic E-state index is 0.736. The molecule has 1 aliphatic carbocycles. The first-order chi connectivity index (χ1) is 8.29. The Kier molecular flexibility index (Phi) is 5.39. The van der Waals surface area contributed by atoms with Crippen molar-refractivity contribution >= 4 is 27.7 Å². The molecule has 0 atom stereocenters. The average molecular weight is 314 g/mol. The van der Waals surface area contributed by atoms with Crippen molar-refractivity contribution in [1.82, 2.24) is 0 Å². The molecule has 1 aromatic rings. The quantitative estimate of drug-likeness (QED) is 0.893. The summed E-state index contributed by atoms with van der Waals surface area (Å²) in [7, 11) is 0. The van der Waals surface area contributed by atoms with Gasteiger partial charge in [-0.05, 0) is 43.5 Å². The van der Waals surface area contributed by atoms with E-state index in [1.165, 1.54) is 47.0 Å². The second-order valence-electron chi connectivity index (χ2n) is 4.67. The highest BCUT2D eigenvalue weighted by molar-refractivity contribution is 9.10. The Morgan fingerprint density at radius 2 is 2.00 bits per heavy atom. The maximum Gasteiger partial charge on any atom is 0.0186 e. The van der Waals surface area contributed by atoms with E-state index in [0.29, 0.717) is 0 Å². The fourth-order valence-corrected chi connectivity index (χ4v) is 4.32. The minimum absolute atomic E-state index is 0.736. The van der Waals surface area contributed by atoms with Gasteiger partial charge in [0.1, 0.15) is 0 Å². The van der Waals surface area contributed by atoms with E-state index >= 15 is 0 Å². The Morgan fingerprint density at radius 3 is 2.71 bits per heavy atom. The Hall–Kier alpha value is 0.01000. The van der Waals surface area contributed by atoms with E-state index in [1.807, 2.05) is 0 Å². The van der Waals surface area contributed by atoms with Gasteiger partial charge >= 0.3 is 0 Å². The first kappa shape index (κ1) is 13.4. The molecule has 0 aliphatic heterocycles. The lowest BCUT2D eigenvalue weighted by Gasteiger charge is -2.22. The van der Waals surface area contributed by atoms with Crippen LogP contribution in [0.15, 0.2) is 27.6 Å². The van der Waals surface area contributed by atoms with Gasteiger partial charge in [-0.2, -0.15) is 0 Å². The molecule has 0 saturated heterocycles. The molecule has 0 bridgehead atoms. The summed E-state index contributed by atoms with van der Waals surface area (Å²) in [6.07, 6.45) is 7.96. The SMILES string of the molecule is NCCc1ccc(Br)cc1SC1CCCCC1. The third-order valence-electron chi connectivity index (χ3n) is 3.29. The highest BCUT2D eigenvalue weighted by Gasteiger charge is 2.16. The van der Waals surface area contributed by atoms with Gasteiger partial charge in [-0.1, -0.05) is 41.3 Å². The van der Waals surface area contributed by atoms with Gasteiger partial charge in [-0.15, -0.1) is 11.8 Å². The average Bonchev–Trinajstić information content (AvgIpc) is 2.34. The molecule has 0 radical (unpaired) electrons. The largest absolute Gasteiger partial charge is 0.330 e. The molecule has 1 fully saturated rings. The lowest BCUT2D eigenvalue weighted by atomic mass is 10.0. The second-order valence-corrected chi connectivity index (χ2v) is 6.93. The minimum Gasteiger partial charge on any atom is -0.330 e. The third-order valence-corrected chi connectivity index (χ3v) is 5.22. The van der Waals surface area contributed by atoms with E-state index in [9.17, 15) is 0 Å². The van der Waals surface area contributed by atoms with Gasteiger partial charge in [-0.3, -0.25) is 0 Å². The summed E-state index contributed by atoms with van der Waals surface area (Å²) in [6, 6.07) is 6.59. The summed E-state index contributed by atoms with van der Waals surface area (Å²) in [4.78, 5) is 1.43. The van der Waals surface area contributed by atoms with Gasteiger partial charge in [0.25, 0.3) is 0 Å². The molecule has 1 nitrogen and oxygen atoms in total. The zero-order valence-electron chi connectivity index (χ0n) is 10.1. The smallest absolute Gasteiger partial charge is 0.0186 e. The second kappa shape index (κ2) is 6.81. The van der Waals surface area contributed by atoms with Gasteiger partial charge in [0, 0.05) is 14.6 Å². The summed E-state index contributed by atoms with van der Waals surface area (Å²) in [6.45, 7) is 0.736. The van der Waals surface area contributed by atoms with Gasteiger partial charge in [0.2, 0.25) is 0 Å². The van der Waals surface area contributed by atoms with E-state index in [-0.39, 0.29) is 0 Å². The predicted octanol–water partition coefficient (Wildman–Crippen LogP) is 4.38. The van der Waals surface area contributed by atoms with Crippen LogP contribution in [0.2, 0.25) is 0 Å². The fourth-order valence-electron chi connectivity index (χ4n) is 2.36. The molecular formula is C14H20BrNS. The number of halogens is 1. The standard InChI is InChI=1S/C14H20BrNS/c15-12-7-6-11(8-9-16)14(10-12)17-13-4-2-1-3-5-13/h6-7,10,13H,1-5,8-9,16H2. The lowest BCUT2D eigenvalue weighted by molar-refractivity contribution is 0.516. The first-order valence-corrected chi connectivity index (χ1v) is 8.12. The summed E-state index contributed by atoms with van der Waals surface area (Å²) >= 11 is 5.63. The summed E-state index contributed by atoms with van der Waals surface area (Å²) in [5, 5.41) is 0.814. The van der Waals surface area contributed by atoms with Crippen molar-refractivity contribution in [1.29, 1.82) is 0 Å². The maximum absolute atomic E-state index is 5.68. The Morgan fingerprint density at radius 1 is 1.24 bits per heavy atom. The predicted molar refractivity (Wildman–Crippen MR) is 79.6 cm³/mol. The maximum atomic E-state index is 5.68. The molecule has 0 unspecified atom stereocenters. The van der Waals surface area contributed by atoms with E-state index in [0.717, 1.165) is 18.2 Å². The monoisotopic (exact) mass is 313 g/mol. The molecule has 0 aromatic heterocycles. The van der Waals surface area contributed by atoms with Crippen LogP contribution < -0.4 is 5.73 Å². The van der Waals surface area contributed by atoms with Crippen molar-refractivity contribution in [3.05, 3.63) is 28.2 Å². The van der Waals surface area contributed by atoms with Gasteiger partial charge in [0.05, 0.1) is 0 Å². The van der Waals surface area contributed by atoms with Crippen molar-refractivity contribution in [2.75, 3.05) is 6.54 Å². The normalized spacial score (nSPS) is 17.3. The summed E-state index contributed by atoms with van der Waals surface area (Å²) in [5.41, 5.74) is 7.09. The molecule has 0 heterocycles. The molecular weight excluding hydrogens is 294 g/mol. The van der Waals surface area contributed by atoms with Crippen molar-refractivity contribution in [2.24, 2.45) is 5.73 Å². The molecule has 1 aliphatic rings. The van der Waals surface area contributed by atoms with Crippen LogP contribution in [0.1, 0.15) is 37.7 Å². The zero-order valence-corrected chi connectivity index (χ0v) is 12.5. The van der Waals surface area contributed by atoms with E-state index in [4.69, 9.17) is 5.73 Å². The van der Waals surface area contributed by atoms with Gasteiger partial charge in [0.15, 0.2) is 0 Å². The van der Waals surface area contributed by atoms with Crippen LogP contribution in [-0.4, -0.2) is 11.8 Å². The molecule has 0 amide bonds. The lowest BCUT2D eigenvalue weighted by Crippen LogP contribution is -2.09. The van der Waals surface area contributed by atoms with E-state index < -0.39 is 0 Å². The van der Waals surface area contributed by atoms with Crippen LogP contribution in [0, 0.1) is 0 Å². The van der Waals surface area contributed by atoms with Crippen LogP contribution in [0.4, 0.5) is 0 Å². The van der Waals surface area contributed by atoms with Crippen LogP contribution in [0.3, 0.4) is 0 Å². The van der Waals surface area contributed by atoms with Crippen molar-refractivity contribution in [3.8, 4) is 0 Å². The Balaban J connectivity index is 2.08. The molecule has 17 heavy (non-hydrogen) atoms. The summed E-state index contributed by atoms with van der Waals surface area (Å²) < 4.78 is 1.18. The number of nitrogens with two attached hydrogens (primary N) is 1. The highest BCUT2D eigenvalue weighted by atomic mass is 79.9. The number of rotatable bonds is 4. The third kappa shape index (κ3) is 4.01. The summed E-state index contributed by atoms with van der Waals surface area (Å²) in [5.74, 6) is 0. The van der Waals surface area contributed by atoms with Crippen molar-refractivity contribution in [2.45, 2.75) is 48.7 Å². The number of thioether (sulfide) groups is 1. The molecule has 94 valence electrons. The van der Waals surface area contributed by atoms with Crippen LogP contribution in [-0.2, 0) is 6.42 Å². The molecule has 1 aromatic carbocycles. The molecule has 1 saturated carbocycles. The van der Waals surface area contributed by atoms with Gasteiger partial charge < -0.3 is 5.73 Å². The molecule has 2 rings (SSSR count). The van der Waals surface area contributed by atoms with E-state index in [1.54, 1.807) is 0 Å². The highest BCUT2D eigenvalue weighted by Crippen LogP contribution is 2.36. The molecule has 0 spiro atoms. The fraction of sp³-hybridized carbons (Fsp3) is 0.571. The van der Waals surface area contributed by atoms with Crippen LogP contribution in [0.5, 0.6) is 0 Å². The topological polar surface area (TPSA) is 26.0 Å². The zero-order chi connectivity index (χ0) is 12.1. The Labute approximate surface area is 117 Å². The van der Waals surface area contributed by atoms with E-state index in [2.05, 4.69) is 45.9 Å². The van der Waals surface area contributed by atoms with Crippen molar-refractivity contribution < 1.29 is 0 Å². The molecule has 2 N–H and O–H groups in total. The number of hydrogen-bond acceptors (Lipinski definition) is 2. The van der Waals surface area contributed by atoms with Crippen LogP contribution in [0.25, 0.3) is 0 Å². The Bertz CT molecular complexity index is 361. The number of benzene rings is 1. The molecule has 3 heteroatoms. The number of hydrogen-bond donors (Lipinski definition) is 1.